The van der Waals surface area contributed by atoms with Gasteiger partial charge in [0.2, 0.25) is 0 Å². The van der Waals surface area contributed by atoms with E-state index in [-0.39, 0.29) is 11.6 Å². The Hall–Kier alpha value is -3.09. The van der Waals surface area contributed by atoms with Gasteiger partial charge in [0, 0.05) is 42.4 Å². The van der Waals surface area contributed by atoms with E-state index >= 15 is 0 Å². The van der Waals surface area contributed by atoms with Crippen LogP contribution in [0.15, 0.2) is 33.7 Å². The zero-order chi connectivity index (χ0) is 19.1. The molecule has 0 saturated carbocycles. The van der Waals surface area contributed by atoms with Crippen molar-refractivity contribution < 1.29 is 9.21 Å². The number of aryl methyl sites for hydroxylation is 2. The Morgan fingerprint density at radius 2 is 1.96 bits per heavy atom. The van der Waals surface area contributed by atoms with Gasteiger partial charge in [-0.25, -0.2) is 9.78 Å². The van der Waals surface area contributed by atoms with Gasteiger partial charge in [0.1, 0.15) is 5.76 Å². The Labute approximate surface area is 161 Å². The first-order valence-corrected chi connectivity index (χ1v) is 9.85. The second-order valence-electron chi connectivity index (χ2n) is 7.47. The second kappa shape index (κ2) is 6.82. The van der Waals surface area contributed by atoms with E-state index in [2.05, 4.69) is 21.4 Å². The molecule has 0 saturated heterocycles. The molecule has 28 heavy (non-hydrogen) atoms. The molecule has 7 heteroatoms. The van der Waals surface area contributed by atoms with E-state index in [0.717, 1.165) is 41.7 Å². The van der Waals surface area contributed by atoms with Crippen molar-refractivity contribution in [3.05, 3.63) is 57.5 Å². The number of nitrogens with zero attached hydrogens (tertiary/aromatic N) is 2. The van der Waals surface area contributed by atoms with Crippen molar-refractivity contribution in [2.75, 3.05) is 18.4 Å². The number of hydrogen-bond acceptors (Lipinski definition) is 4. The second-order valence-corrected chi connectivity index (χ2v) is 7.47. The summed E-state index contributed by atoms with van der Waals surface area (Å²) < 4.78 is 6.11. The smallest absolute Gasteiger partial charge is 0.321 e. The molecule has 2 N–H and O–H groups in total. The number of hydrogen-bond donors (Lipinski definition) is 2. The Kier molecular flexibility index (Phi) is 4.15. The van der Waals surface area contributed by atoms with Gasteiger partial charge in [-0.1, -0.05) is 12.1 Å². The summed E-state index contributed by atoms with van der Waals surface area (Å²) in [5.41, 5.74) is 4.10. The molecular weight excluding hydrogens is 356 g/mol. The minimum Gasteiger partial charge on any atom is -0.459 e. The van der Waals surface area contributed by atoms with E-state index < -0.39 is 0 Å². The van der Waals surface area contributed by atoms with Crippen molar-refractivity contribution in [3.8, 4) is 0 Å². The lowest BCUT2D eigenvalue weighted by molar-refractivity contribution is 0.214. The highest BCUT2D eigenvalue weighted by Gasteiger charge is 2.23. The molecule has 0 bridgehead atoms. The van der Waals surface area contributed by atoms with Gasteiger partial charge in [-0.2, -0.15) is 0 Å². The number of fused-ring (bicyclic) bond motifs is 4. The first-order chi connectivity index (χ1) is 13.7. The van der Waals surface area contributed by atoms with E-state index in [1.165, 1.54) is 18.3 Å². The fourth-order valence-corrected chi connectivity index (χ4v) is 4.32. The van der Waals surface area contributed by atoms with Crippen molar-refractivity contribution in [1.29, 1.82) is 0 Å². The Morgan fingerprint density at radius 3 is 2.89 bits per heavy atom. The number of H-pyrrole nitrogens is 1. The largest absolute Gasteiger partial charge is 0.459 e. The number of aromatic nitrogens is 2. The summed E-state index contributed by atoms with van der Waals surface area (Å²) >= 11 is 0. The van der Waals surface area contributed by atoms with Crippen LogP contribution >= 0.6 is 0 Å². The Balaban J connectivity index is 1.38. The van der Waals surface area contributed by atoms with Gasteiger partial charge in [-0.05, 0) is 31.7 Å². The summed E-state index contributed by atoms with van der Waals surface area (Å²) in [5, 5.41) is 4.12. The van der Waals surface area contributed by atoms with Crippen LogP contribution in [-0.2, 0) is 25.7 Å². The van der Waals surface area contributed by atoms with E-state index in [4.69, 9.17) is 4.42 Å². The van der Waals surface area contributed by atoms with Crippen LogP contribution in [0.25, 0.3) is 11.0 Å². The maximum Gasteiger partial charge on any atom is 0.321 e. The number of aromatic amines is 1. The van der Waals surface area contributed by atoms with Crippen LogP contribution in [-0.4, -0.2) is 34.0 Å². The quantitative estimate of drug-likeness (QED) is 0.681. The molecule has 2 amide bonds. The lowest BCUT2D eigenvalue weighted by Gasteiger charge is -2.20. The summed E-state index contributed by atoms with van der Waals surface area (Å²) in [4.78, 5) is 33.5. The number of nitrogens with one attached hydrogen (secondary N) is 2. The van der Waals surface area contributed by atoms with Gasteiger partial charge in [-0.15, -0.1) is 0 Å². The van der Waals surface area contributed by atoms with Crippen LogP contribution in [0.2, 0.25) is 0 Å². The first-order valence-electron chi connectivity index (χ1n) is 9.85. The van der Waals surface area contributed by atoms with Crippen LogP contribution in [0.1, 0.15) is 35.4 Å². The van der Waals surface area contributed by atoms with E-state index in [9.17, 15) is 9.59 Å². The molecule has 144 valence electrons. The predicted molar refractivity (Wildman–Crippen MR) is 106 cm³/mol. The molecule has 1 aliphatic carbocycles. The SMILES string of the molecule is O=C(Nc1cccc2c3c(oc12)CCCC3)N1CCc2nc[nH]c(=O)c2CC1. The van der Waals surface area contributed by atoms with E-state index in [0.29, 0.717) is 37.2 Å². The van der Waals surface area contributed by atoms with Crippen molar-refractivity contribution in [2.24, 2.45) is 0 Å². The summed E-state index contributed by atoms with van der Waals surface area (Å²) in [7, 11) is 0. The molecule has 1 aliphatic heterocycles. The van der Waals surface area contributed by atoms with Gasteiger partial charge in [-0.3, -0.25) is 4.79 Å². The highest BCUT2D eigenvalue weighted by atomic mass is 16.3. The molecule has 0 radical (unpaired) electrons. The topological polar surface area (TPSA) is 91.2 Å². The Bertz CT molecular complexity index is 1110. The molecule has 2 aliphatic rings. The zero-order valence-electron chi connectivity index (χ0n) is 15.6. The first kappa shape index (κ1) is 17.0. The Morgan fingerprint density at radius 1 is 1.11 bits per heavy atom. The average Bonchev–Trinajstić information content (AvgIpc) is 2.94. The fraction of sp³-hybridized carbons (Fsp3) is 0.381. The summed E-state index contributed by atoms with van der Waals surface area (Å²) in [5.74, 6) is 1.05. The van der Waals surface area contributed by atoms with Crippen LogP contribution < -0.4 is 10.9 Å². The number of furan rings is 1. The molecule has 0 fully saturated rings. The summed E-state index contributed by atoms with van der Waals surface area (Å²) in [6.07, 6.45) is 6.83. The van der Waals surface area contributed by atoms with Crippen molar-refractivity contribution >= 4 is 22.7 Å². The third-order valence-electron chi connectivity index (χ3n) is 5.80. The lowest BCUT2D eigenvalue weighted by atomic mass is 9.96. The average molecular weight is 378 g/mol. The molecule has 7 nitrogen and oxygen atoms in total. The minimum absolute atomic E-state index is 0.113. The number of anilines is 1. The van der Waals surface area contributed by atoms with Crippen LogP contribution in [0.5, 0.6) is 0 Å². The number of carbonyl (C=O) groups excluding carboxylic acids is 1. The maximum atomic E-state index is 12.9. The van der Waals surface area contributed by atoms with Crippen molar-refractivity contribution in [1.82, 2.24) is 14.9 Å². The van der Waals surface area contributed by atoms with Crippen molar-refractivity contribution in [2.45, 2.75) is 38.5 Å². The van der Waals surface area contributed by atoms with Crippen LogP contribution in [0.4, 0.5) is 10.5 Å². The van der Waals surface area contributed by atoms with Gasteiger partial charge in [0.25, 0.3) is 5.56 Å². The summed E-state index contributed by atoms with van der Waals surface area (Å²) in [6.45, 7) is 1.01. The number of amides is 2. The highest BCUT2D eigenvalue weighted by Crippen LogP contribution is 2.35. The predicted octanol–water partition coefficient (Wildman–Crippen LogP) is 3.03. The standard InChI is InChI=1S/C21H22N4O3/c26-20-15-8-10-25(11-9-16(15)22-12-23-20)21(27)24-17-6-3-5-14-13-4-1-2-7-18(13)28-19(14)17/h3,5-6,12H,1-2,4,7-11H2,(H,24,27)(H,22,23,26). The summed E-state index contributed by atoms with van der Waals surface area (Å²) in [6, 6.07) is 5.74. The molecule has 0 spiro atoms. The van der Waals surface area contributed by atoms with E-state index in [1.807, 2.05) is 12.1 Å². The molecule has 3 heterocycles. The van der Waals surface area contributed by atoms with E-state index in [1.54, 1.807) is 4.90 Å². The monoisotopic (exact) mass is 378 g/mol. The maximum absolute atomic E-state index is 12.9. The van der Waals surface area contributed by atoms with Crippen LogP contribution in [0.3, 0.4) is 0 Å². The van der Waals surface area contributed by atoms with Gasteiger partial charge in [0.15, 0.2) is 5.58 Å². The molecule has 2 aromatic heterocycles. The van der Waals surface area contributed by atoms with Gasteiger partial charge >= 0.3 is 6.03 Å². The number of carbonyl (C=O) groups is 1. The van der Waals surface area contributed by atoms with Gasteiger partial charge in [0.05, 0.1) is 17.7 Å². The number of urea groups is 1. The fourth-order valence-electron chi connectivity index (χ4n) is 4.32. The number of benzene rings is 1. The highest BCUT2D eigenvalue weighted by molar-refractivity contribution is 6.00. The van der Waals surface area contributed by atoms with Crippen molar-refractivity contribution in [3.63, 3.8) is 0 Å². The molecule has 3 aromatic rings. The molecule has 0 atom stereocenters. The molecule has 1 aromatic carbocycles. The third-order valence-corrected chi connectivity index (χ3v) is 5.80. The molecule has 5 rings (SSSR count). The molecular formula is C21H22N4O3. The normalized spacial score (nSPS) is 16.4. The number of rotatable bonds is 1. The van der Waals surface area contributed by atoms with Gasteiger partial charge < -0.3 is 19.6 Å². The minimum atomic E-state index is -0.175. The van der Waals surface area contributed by atoms with Crippen LogP contribution in [0, 0.1) is 0 Å². The lowest BCUT2D eigenvalue weighted by Crippen LogP contribution is -2.37. The zero-order valence-corrected chi connectivity index (χ0v) is 15.6. The third kappa shape index (κ3) is 2.87. The molecule has 0 unspecified atom stereocenters. The number of para-hydroxylation sites is 1.